The van der Waals surface area contributed by atoms with Crippen molar-refractivity contribution in [2.24, 2.45) is 17.8 Å². The molecule has 1 fully saturated rings. The lowest BCUT2D eigenvalue weighted by molar-refractivity contribution is -0.0785. The summed E-state index contributed by atoms with van der Waals surface area (Å²) < 4.78 is 16.9. The van der Waals surface area contributed by atoms with Crippen LogP contribution in [0.15, 0.2) is 18.2 Å². The van der Waals surface area contributed by atoms with Crippen molar-refractivity contribution in [2.75, 3.05) is 13.7 Å². The largest absolute Gasteiger partial charge is 0.465 e. The summed E-state index contributed by atoms with van der Waals surface area (Å²) in [5.41, 5.74) is 1.64. The van der Waals surface area contributed by atoms with Crippen LogP contribution in [0, 0.1) is 17.8 Å². The van der Waals surface area contributed by atoms with E-state index in [0.29, 0.717) is 35.0 Å². The second kappa shape index (κ2) is 10.8. The number of rotatable bonds is 10. The number of methoxy groups -OCH3 is 1. The highest BCUT2D eigenvalue weighted by molar-refractivity contribution is 5.92. The molecule has 4 nitrogen and oxygen atoms in total. The number of benzene rings is 1. The maximum atomic E-state index is 12.4. The molecule has 1 aromatic rings. The molecule has 1 aromatic carbocycles. The Kier molecular flexibility index (Phi) is 8.81. The van der Waals surface area contributed by atoms with E-state index >= 15 is 0 Å². The van der Waals surface area contributed by atoms with E-state index in [1.807, 2.05) is 19.1 Å². The first-order chi connectivity index (χ1) is 13.3. The topological polar surface area (TPSA) is 44.8 Å². The van der Waals surface area contributed by atoms with Crippen molar-refractivity contribution in [1.29, 1.82) is 0 Å². The van der Waals surface area contributed by atoms with Crippen LogP contribution < -0.4 is 4.74 Å². The van der Waals surface area contributed by atoms with Crippen LogP contribution in [0.25, 0.3) is 0 Å². The van der Waals surface area contributed by atoms with Crippen molar-refractivity contribution in [3.8, 4) is 5.75 Å². The Hall–Kier alpha value is -1.55. The summed E-state index contributed by atoms with van der Waals surface area (Å²) in [6.07, 6.45) is 5.75. The predicted molar refractivity (Wildman–Crippen MR) is 113 cm³/mol. The Morgan fingerprint density at radius 2 is 1.79 bits per heavy atom. The molecule has 2 atom stereocenters. The summed E-state index contributed by atoms with van der Waals surface area (Å²) in [5, 5.41) is 0. The summed E-state index contributed by atoms with van der Waals surface area (Å²) in [7, 11) is 1.41. The smallest absolute Gasteiger partial charge is 0.341 e. The normalized spacial score (nSPS) is 17.1. The van der Waals surface area contributed by atoms with Gasteiger partial charge in [-0.1, -0.05) is 46.6 Å². The Balaban J connectivity index is 2.15. The van der Waals surface area contributed by atoms with Crippen LogP contribution in [-0.4, -0.2) is 26.0 Å². The van der Waals surface area contributed by atoms with Crippen LogP contribution in [0.4, 0.5) is 0 Å². The maximum Gasteiger partial charge on any atom is 0.341 e. The monoisotopic (exact) mass is 390 g/mol. The van der Waals surface area contributed by atoms with Crippen molar-refractivity contribution in [2.45, 2.75) is 78.9 Å². The second-order valence-corrected chi connectivity index (χ2v) is 8.90. The molecule has 0 amide bonds. The van der Waals surface area contributed by atoms with Crippen LogP contribution in [0.2, 0.25) is 0 Å². The minimum Gasteiger partial charge on any atom is -0.465 e. The summed E-state index contributed by atoms with van der Waals surface area (Å²) in [5.74, 6) is 2.28. The van der Waals surface area contributed by atoms with Crippen molar-refractivity contribution < 1.29 is 19.0 Å². The fourth-order valence-electron chi connectivity index (χ4n) is 4.11. The maximum absolute atomic E-state index is 12.4. The lowest BCUT2D eigenvalue weighted by atomic mass is 9.81. The van der Waals surface area contributed by atoms with Gasteiger partial charge in [-0.2, -0.15) is 0 Å². The molecule has 4 heteroatoms. The van der Waals surface area contributed by atoms with E-state index in [0.717, 1.165) is 18.6 Å². The van der Waals surface area contributed by atoms with Crippen LogP contribution in [0.1, 0.15) is 88.6 Å². The Morgan fingerprint density at radius 3 is 2.36 bits per heavy atom. The Morgan fingerprint density at radius 1 is 1.11 bits per heavy atom. The standard InChI is InChI=1S/C24H38O4/c1-16(2)13-21(17(3)4)20-11-12-23(22(14-20)24(25)26-6)28-18(5)27-15-19-9-7-8-10-19/h11-12,14,16-19,21H,7-10,13,15H2,1-6H3. The molecule has 0 saturated heterocycles. The number of carbonyl (C=O) groups excluding carboxylic acids is 1. The van der Waals surface area contributed by atoms with Gasteiger partial charge in [0.1, 0.15) is 11.3 Å². The molecule has 0 radical (unpaired) electrons. The van der Waals surface area contributed by atoms with Gasteiger partial charge in [0.2, 0.25) is 0 Å². The van der Waals surface area contributed by atoms with Gasteiger partial charge >= 0.3 is 5.97 Å². The molecule has 2 unspecified atom stereocenters. The first kappa shape index (κ1) is 22.7. The van der Waals surface area contributed by atoms with Crippen LogP contribution in [0.5, 0.6) is 5.75 Å². The molecule has 0 aromatic heterocycles. The summed E-state index contributed by atoms with van der Waals surface area (Å²) >= 11 is 0. The van der Waals surface area contributed by atoms with E-state index in [9.17, 15) is 4.79 Å². The van der Waals surface area contributed by atoms with Gasteiger partial charge in [-0.25, -0.2) is 4.79 Å². The molecular weight excluding hydrogens is 352 g/mol. The molecule has 1 aliphatic carbocycles. The zero-order valence-electron chi connectivity index (χ0n) is 18.5. The first-order valence-electron chi connectivity index (χ1n) is 10.8. The molecule has 28 heavy (non-hydrogen) atoms. The third-order valence-corrected chi connectivity index (χ3v) is 5.70. The van der Waals surface area contributed by atoms with Crippen molar-refractivity contribution in [1.82, 2.24) is 0 Å². The molecule has 2 rings (SSSR count). The highest BCUT2D eigenvalue weighted by atomic mass is 16.7. The van der Waals surface area contributed by atoms with Crippen molar-refractivity contribution in [3.05, 3.63) is 29.3 Å². The van der Waals surface area contributed by atoms with E-state index in [-0.39, 0.29) is 5.97 Å². The quantitative estimate of drug-likeness (QED) is 0.353. The van der Waals surface area contributed by atoms with Crippen LogP contribution in [-0.2, 0) is 9.47 Å². The van der Waals surface area contributed by atoms with Gasteiger partial charge in [-0.15, -0.1) is 0 Å². The Labute approximate surface area is 170 Å². The summed E-state index contributed by atoms with van der Waals surface area (Å²) in [4.78, 5) is 12.4. The lowest BCUT2D eigenvalue weighted by Crippen LogP contribution is -2.21. The second-order valence-electron chi connectivity index (χ2n) is 8.90. The molecule has 1 saturated carbocycles. The number of esters is 1. The average molecular weight is 391 g/mol. The Bertz CT molecular complexity index is 617. The van der Waals surface area contributed by atoms with Gasteiger partial charge in [0.25, 0.3) is 0 Å². The number of hydrogen-bond donors (Lipinski definition) is 0. The van der Waals surface area contributed by atoms with E-state index in [4.69, 9.17) is 14.2 Å². The number of hydrogen-bond acceptors (Lipinski definition) is 4. The first-order valence-corrected chi connectivity index (χ1v) is 10.8. The van der Waals surface area contributed by atoms with E-state index in [2.05, 4.69) is 33.8 Å². The lowest BCUT2D eigenvalue weighted by Gasteiger charge is -2.25. The fraction of sp³-hybridized carbons (Fsp3) is 0.708. The van der Waals surface area contributed by atoms with Crippen LogP contribution >= 0.6 is 0 Å². The zero-order chi connectivity index (χ0) is 20.7. The predicted octanol–water partition coefficient (Wildman–Crippen LogP) is 6.19. The highest BCUT2D eigenvalue weighted by Crippen LogP contribution is 2.34. The van der Waals surface area contributed by atoms with Crippen LogP contribution in [0.3, 0.4) is 0 Å². The summed E-state index contributed by atoms with van der Waals surface area (Å²) in [6, 6.07) is 5.92. The molecule has 1 aliphatic rings. The molecule has 0 aliphatic heterocycles. The minimum absolute atomic E-state index is 0.369. The molecule has 0 bridgehead atoms. The van der Waals surface area contributed by atoms with Gasteiger partial charge in [0.05, 0.1) is 13.7 Å². The average Bonchev–Trinajstić information content (AvgIpc) is 3.17. The van der Waals surface area contributed by atoms with E-state index in [1.165, 1.54) is 32.8 Å². The summed E-state index contributed by atoms with van der Waals surface area (Å²) in [6.45, 7) is 11.5. The molecule has 0 N–H and O–H groups in total. The van der Waals surface area contributed by atoms with Gasteiger partial charge < -0.3 is 14.2 Å². The number of ether oxygens (including phenoxy) is 3. The van der Waals surface area contributed by atoms with E-state index < -0.39 is 6.29 Å². The van der Waals surface area contributed by atoms with Gasteiger partial charge in [0, 0.05) is 0 Å². The molecule has 158 valence electrons. The number of carbonyl (C=O) groups is 1. The fourth-order valence-corrected chi connectivity index (χ4v) is 4.11. The minimum atomic E-state index is -0.397. The van der Waals surface area contributed by atoms with E-state index in [1.54, 1.807) is 0 Å². The van der Waals surface area contributed by atoms with Gasteiger partial charge in [0.15, 0.2) is 6.29 Å². The third-order valence-electron chi connectivity index (χ3n) is 5.70. The third kappa shape index (κ3) is 6.51. The molecule has 0 heterocycles. The van der Waals surface area contributed by atoms with Crippen molar-refractivity contribution >= 4 is 5.97 Å². The SMILES string of the molecule is COC(=O)c1cc(C(CC(C)C)C(C)C)ccc1OC(C)OCC1CCCC1. The van der Waals surface area contributed by atoms with Crippen molar-refractivity contribution in [3.63, 3.8) is 0 Å². The zero-order valence-corrected chi connectivity index (χ0v) is 18.5. The van der Waals surface area contributed by atoms with Gasteiger partial charge in [-0.05, 0) is 67.6 Å². The highest BCUT2D eigenvalue weighted by Gasteiger charge is 2.23. The molecular formula is C24H38O4. The van der Waals surface area contributed by atoms with Gasteiger partial charge in [-0.3, -0.25) is 0 Å². The molecule has 0 spiro atoms.